The summed E-state index contributed by atoms with van der Waals surface area (Å²) in [5, 5.41) is 18.0. The van der Waals surface area contributed by atoms with Crippen LogP contribution in [-0.4, -0.2) is 22.2 Å². The quantitative estimate of drug-likeness (QED) is 0.688. The third-order valence-electron chi connectivity index (χ3n) is 4.82. The van der Waals surface area contributed by atoms with Gasteiger partial charge in [0.1, 0.15) is 0 Å². The molecule has 0 bridgehead atoms. The first-order valence-corrected chi connectivity index (χ1v) is 9.22. The van der Waals surface area contributed by atoms with Gasteiger partial charge in [-0.2, -0.15) is 0 Å². The number of aromatic carboxylic acids is 2. The molecule has 6 nitrogen and oxygen atoms in total. The van der Waals surface area contributed by atoms with Crippen LogP contribution in [0.3, 0.4) is 0 Å². The maximum atomic E-state index is 11.0. The molecule has 2 aromatic carbocycles. The first kappa shape index (κ1) is 21.7. The summed E-state index contributed by atoms with van der Waals surface area (Å²) in [6, 6.07) is 13.4. The third-order valence-corrected chi connectivity index (χ3v) is 4.82. The number of hydrogen-bond acceptors (Lipinski definition) is 4. The molecule has 0 fully saturated rings. The molecule has 2 aliphatic heterocycles. The highest BCUT2D eigenvalue weighted by Crippen LogP contribution is 2.25. The van der Waals surface area contributed by atoms with Gasteiger partial charge in [0.25, 0.3) is 0 Å². The zero-order valence-corrected chi connectivity index (χ0v) is 17.1. The van der Waals surface area contributed by atoms with Crippen LogP contribution in [0.15, 0.2) is 109 Å². The second kappa shape index (κ2) is 9.19. The van der Waals surface area contributed by atoms with Gasteiger partial charge in [0.05, 0.1) is 11.1 Å². The highest BCUT2D eigenvalue weighted by atomic mass is 35.5. The predicted molar refractivity (Wildman–Crippen MR) is 123 cm³/mol. The standard InChI is InChI=1S/C24H18N2O4.ClH/c27-23(28)19-1-5-21(6-2-19)25-13-9-17(10-14-25)18-11-15-26(16-12-18)22-7-3-20(4-8-22)24(29)30;/h1-16H,(H,27,28)(H,29,30);1H. The second-order valence-electron chi connectivity index (χ2n) is 6.69. The van der Waals surface area contributed by atoms with Gasteiger partial charge in [-0.05, 0) is 84.0 Å². The molecule has 2 aromatic rings. The number of allylic oxidation sites excluding steroid dienone is 6. The normalized spacial score (nSPS) is 14.6. The summed E-state index contributed by atoms with van der Waals surface area (Å²) in [7, 11) is 0. The van der Waals surface area contributed by atoms with Gasteiger partial charge in [-0.3, -0.25) is 0 Å². The average Bonchev–Trinajstić information content (AvgIpc) is 2.79. The minimum Gasteiger partial charge on any atom is -0.478 e. The monoisotopic (exact) mass is 434 g/mol. The Morgan fingerprint density at radius 1 is 0.548 bits per heavy atom. The molecule has 31 heavy (non-hydrogen) atoms. The molecule has 0 atom stereocenters. The lowest BCUT2D eigenvalue weighted by molar-refractivity contribution is 0.0686. The van der Waals surface area contributed by atoms with Crippen LogP contribution in [0.2, 0.25) is 0 Å². The molecular formula is C24H19ClN2O4. The van der Waals surface area contributed by atoms with Gasteiger partial charge in [-0.25, -0.2) is 9.59 Å². The number of carboxylic acid groups (broad SMARTS) is 2. The van der Waals surface area contributed by atoms with E-state index >= 15 is 0 Å². The molecule has 0 saturated heterocycles. The largest absolute Gasteiger partial charge is 0.478 e. The number of nitrogens with zero attached hydrogens (tertiary/aromatic N) is 2. The summed E-state index contributed by atoms with van der Waals surface area (Å²) < 4.78 is 0. The van der Waals surface area contributed by atoms with Gasteiger partial charge in [0.2, 0.25) is 0 Å². The molecule has 0 unspecified atom stereocenters. The second-order valence-corrected chi connectivity index (χ2v) is 6.69. The van der Waals surface area contributed by atoms with E-state index in [1.807, 2.05) is 58.9 Å². The molecule has 0 aromatic heterocycles. The van der Waals surface area contributed by atoms with Crippen molar-refractivity contribution in [3.8, 4) is 0 Å². The molecule has 0 aliphatic carbocycles. The van der Waals surface area contributed by atoms with E-state index in [4.69, 9.17) is 10.2 Å². The van der Waals surface area contributed by atoms with E-state index < -0.39 is 11.9 Å². The lowest BCUT2D eigenvalue weighted by Gasteiger charge is -2.22. The van der Waals surface area contributed by atoms with Crippen LogP contribution >= 0.6 is 12.4 Å². The molecule has 2 N–H and O–H groups in total. The number of carboxylic acids is 2. The summed E-state index contributed by atoms with van der Waals surface area (Å²) in [6.45, 7) is 0. The smallest absolute Gasteiger partial charge is 0.335 e. The number of halogens is 1. The van der Waals surface area contributed by atoms with Crippen molar-refractivity contribution in [2.24, 2.45) is 0 Å². The SMILES string of the molecule is Cl.O=C(O)c1ccc(N2C=CC(=C3C=CN(c4ccc(C(=O)O)cc4)C=C3)C=C2)cc1. The third kappa shape index (κ3) is 4.76. The maximum Gasteiger partial charge on any atom is 0.335 e. The minimum atomic E-state index is -0.943. The molecule has 2 aliphatic rings. The molecule has 2 heterocycles. The van der Waals surface area contributed by atoms with E-state index in [1.54, 1.807) is 48.5 Å². The van der Waals surface area contributed by atoms with E-state index in [9.17, 15) is 9.59 Å². The zero-order chi connectivity index (χ0) is 21.1. The number of rotatable bonds is 4. The van der Waals surface area contributed by atoms with Crippen LogP contribution < -0.4 is 9.80 Å². The van der Waals surface area contributed by atoms with E-state index in [1.165, 1.54) is 0 Å². The Labute approximate surface area is 185 Å². The Bertz CT molecular complexity index is 1020. The number of carbonyl (C=O) groups is 2. The van der Waals surface area contributed by atoms with E-state index in [0.29, 0.717) is 0 Å². The van der Waals surface area contributed by atoms with Crippen molar-refractivity contribution in [3.63, 3.8) is 0 Å². The summed E-state index contributed by atoms with van der Waals surface area (Å²) in [6.07, 6.45) is 15.7. The Hall–Kier alpha value is -4.03. The average molecular weight is 435 g/mol. The van der Waals surface area contributed by atoms with Gasteiger partial charge in [0, 0.05) is 36.2 Å². The molecular weight excluding hydrogens is 416 g/mol. The summed E-state index contributed by atoms with van der Waals surface area (Å²) in [5.74, 6) is -1.89. The van der Waals surface area contributed by atoms with Crippen molar-refractivity contribution in [2.75, 3.05) is 9.80 Å². The van der Waals surface area contributed by atoms with Crippen LogP contribution in [0, 0.1) is 0 Å². The molecule has 4 rings (SSSR count). The summed E-state index contributed by atoms with van der Waals surface area (Å²) in [5.41, 5.74) is 4.35. The first-order valence-electron chi connectivity index (χ1n) is 9.22. The van der Waals surface area contributed by atoms with Crippen molar-refractivity contribution in [1.82, 2.24) is 0 Å². The molecule has 0 amide bonds. The van der Waals surface area contributed by atoms with E-state index in [-0.39, 0.29) is 23.5 Å². The fourth-order valence-corrected chi connectivity index (χ4v) is 3.13. The predicted octanol–water partition coefficient (Wildman–Crippen LogP) is 5.20. The highest BCUT2D eigenvalue weighted by Gasteiger charge is 2.10. The van der Waals surface area contributed by atoms with Crippen molar-refractivity contribution >= 4 is 35.7 Å². The van der Waals surface area contributed by atoms with Crippen molar-refractivity contribution < 1.29 is 19.8 Å². The fourth-order valence-electron chi connectivity index (χ4n) is 3.13. The van der Waals surface area contributed by atoms with Gasteiger partial charge in [-0.15, -0.1) is 12.4 Å². The Kier molecular flexibility index (Phi) is 6.43. The van der Waals surface area contributed by atoms with E-state index in [0.717, 1.165) is 22.5 Å². The lowest BCUT2D eigenvalue weighted by Crippen LogP contribution is -2.12. The fraction of sp³-hybridized carbons (Fsp3) is 0. The number of hydrogen-bond donors (Lipinski definition) is 2. The van der Waals surface area contributed by atoms with Gasteiger partial charge < -0.3 is 20.0 Å². The highest BCUT2D eigenvalue weighted by molar-refractivity contribution is 5.88. The molecule has 7 heteroatoms. The van der Waals surface area contributed by atoms with Crippen molar-refractivity contribution in [2.45, 2.75) is 0 Å². The zero-order valence-electron chi connectivity index (χ0n) is 16.3. The number of benzene rings is 2. The van der Waals surface area contributed by atoms with Gasteiger partial charge >= 0.3 is 11.9 Å². The lowest BCUT2D eigenvalue weighted by atomic mass is 10.0. The summed E-state index contributed by atoms with van der Waals surface area (Å²) >= 11 is 0. The molecule has 156 valence electrons. The molecule has 0 saturated carbocycles. The van der Waals surface area contributed by atoms with Crippen LogP contribution in [-0.2, 0) is 0 Å². The first-order chi connectivity index (χ1) is 14.5. The Balaban J connectivity index is 0.00000272. The maximum absolute atomic E-state index is 11.0. The Morgan fingerprint density at radius 2 is 0.839 bits per heavy atom. The molecule has 0 radical (unpaired) electrons. The van der Waals surface area contributed by atoms with Gasteiger partial charge in [0.15, 0.2) is 0 Å². The van der Waals surface area contributed by atoms with Crippen LogP contribution in [0.25, 0.3) is 0 Å². The van der Waals surface area contributed by atoms with Crippen molar-refractivity contribution in [1.29, 1.82) is 0 Å². The number of anilines is 2. The molecule has 0 spiro atoms. The topological polar surface area (TPSA) is 81.1 Å². The van der Waals surface area contributed by atoms with Crippen molar-refractivity contribution in [3.05, 3.63) is 120 Å². The van der Waals surface area contributed by atoms with Crippen LogP contribution in [0.4, 0.5) is 11.4 Å². The van der Waals surface area contributed by atoms with Crippen LogP contribution in [0.1, 0.15) is 20.7 Å². The summed E-state index contributed by atoms with van der Waals surface area (Å²) in [4.78, 5) is 25.8. The minimum absolute atomic E-state index is 0. The van der Waals surface area contributed by atoms with E-state index in [2.05, 4.69) is 0 Å². The van der Waals surface area contributed by atoms with Gasteiger partial charge in [-0.1, -0.05) is 0 Å². The Morgan fingerprint density at radius 3 is 1.10 bits per heavy atom. The van der Waals surface area contributed by atoms with Crippen LogP contribution in [0.5, 0.6) is 0 Å².